The van der Waals surface area contributed by atoms with Crippen LogP contribution in [0.4, 0.5) is 0 Å². The molecule has 3 rings (SSSR count). The lowest BCUT2D eigenvalue weighted by Gasteiger charge is -2.58. The highest BCUT2D eigenvalue weighted by Crippen LogP contribution is 2.58. The van der Waals surface area contributed by atoms with Gasteiger partial charge in [0.25, 0.3) is 0 Å². The predicted octanol–water partition coefficient (Wildman–Crippen LogP) is 1.97. The summed E-state index contributed by atoms with van der Waals surface area (Å²) < 4.78 is 0. The molecule has 1 aromatic heterocycles. The number of fused-ring (bicyclic) bond motifs is 2. The summed E-state index contributed by atoms with van der Waals surface area (Å²) in [6, 6.07) is 3.76. The second kappa shape index (κ2) is 3.79. The average molecular weight is 233 g/mol. The van der Waals surface area contributed by atoms with Crippen LogP contribution in [0.15, 0.2) is 18.3 Å². The summed E-state index contributed by atoms with van der Waals surface area (Å²) in [5.41, 5.74) is 0.761. The Morgan fingerprint density at radius 2 is 2.06 bits per heavy atom. The van der Waals surface area contributed by atoms with Crippen LogP contribution < -0.4 is 0 Å². The summed E-state index contributed by atoms with van der Waals surface area (Å²) in [6.07, 6.45) is 5.25. The molecule has 92 valence electrons. The zero-order valence-electron chi connectivity index (χ0n) is 10.1. The van der Waals surface area contributed by atoms with Gasteiger partial charge in [0.15, 0.2) is 0 Å². The molecule has 1 aromatic rings. The van der Waals surface area contributed by atoms with Crippen LogP contribution in [0.25, 0.3) is 0 Å². The molecule has 0 radical (unpaired) electrons. The summed E-state index contributed by atoms with van der Waals surface area (Å²) in [5.74, 6) is 0.527. The maximum Gasteiger partial charge on any atom is 0.125 e. The number of aryl methyl sites for hydroxylation is 1. The quantitative estimate of drug-likeness (QED) is 0.821. The van der Waals surface area contributed by atoms with E-state index in [4.69, 9.17) is 0 Å². The number of rotatable bonds is 2. The van der Waals surface area contributed by atoms with Gasteiger partial charge in [0.05, 0.1) is 5.69 Å². The van der Waals surface area contributed by atoms with Crippen molar-refractivity contribution in [2.75, 3.05) is 0 Å². The minimum absolute atomic E-state index is 0.263. The molecule has 3 heteroatoms. The van der Waals surface area contributed by atoms with Crippen LogP contribution in [0.3, 0.4) is 0 Å². The van der Waals surface area contributed by atoms with Gasteiger partial charge in [0.2, 0.25) is 0 Å². The molecule has 2 bridgehead atoms. The largest absolute Gasteiger partial charge is 0.386 e. The lowest BCUT2D eigenvalue weighted by atomic mass is 9.51. The fraction of sp³-hybridized carbons (Fsp3) is 0.643. The topological polar surface area (TPSA) is 53.4 Å². The number of hydrogen-bond donors (Lipinski definition) is 2. The van der Waals surface area contributed by atoms with Crippen molar-refractivity contribution >= 4 is 0 Å². The van der Waals surface area contributed by atoms with Gasteiger partial charge < -0.3 is 10.2 Å². The molecule has 3 unspecified atom stereocenters. The standard InChI is InChI=1S/C14H19NO2/c1-9-5-6-12(15-8-9)13(16)14(17)10-3-2-4-11(14)7-10/h5-6,8,10-11,13,16-17H,2-4,7H2,1H3. The maximum atomic E-state index is 10.7. The van der Waals surface area contributed by atoms with Gasteiger partial charge in [-0.05, 0) is 49.7 Å². The molecule has 2 saturated carbocycles. The van der Waals surface area contributed by atoms with E-state index in [2.05, 4.69) is 4.98 Å². The Morgan fingerprint density at radius 1 is 1.35 bits per heavy atom. The number of aliphatic hydroxyl groups is 2. The first-order valence-corrected chi connectivity index (χ1v) is 6.45. The molecule has 2 N–H and O–H groups in total. The second-order valence-electron chi connectivity index (χ2n) is 5.61. The van der Waals surface area contributed by atoms with Crippen molar-refractivity contribution in [3.8, 4) is 0 Å². The highest BCUT2D eigenvalue weighted by molar-refractivity contribution is 5.21. The highest BCUT2D eigenvalue weighted by atomic mass is 16.3. The van der Waals surface area contributed by atoms with Gasteiger partial charge in [-0.15, -0.1) is 0 Å². The van der Waals surface area contributed by atoms with E-state index in [-0.39, 0.29) is 11.8 Å². The lowest BCUT2D eigenvalue weighted by Crippen LogP contribution is -2.61. The van der Waals surface area contributed by atoms with Crippen LogP contribution in [0, 0.1) is 18.8 Å². The number of nitrogens with zero attached hydrogens (tertiary/aromatic N) is 1. The Morgan fingerprint density at radius 3 is 2.59 bits per heavy atom. The molecule has 2 aliphatic carbocycles. The molecule has 0 spiro atoms. The molecule has 0 amide bonds. The van der Waals surface area contributed by atoms with E-state index in [1.54, 1.807) is 6.20 Å². The average Bonchev–Trinajstić information content (AvgIpc) is 2.38. The monoisotopic (exact) mass is 233 g/mol. The summed E-state index contributed by atoms with van der Waals surface area (Å²) >= 11 is 0. The van der Waals surface area contributed by atoms with Crippen LogP contribution in [0.1, 0.15) is 43.0 Å². The first kappa shape index (κ1) is 11.2. The van der Waals surface area contributed by atoms with E-state index in [0.29, 0.717) is 5.69 Å². The Kier molecular flexibility index (Phi) is 2.49. The van der Waals surface area contributed by atoms with Crippen LogP contribution in [0.5, 0.6) is 0 Å². The van der Waals surface area contributed by atoms with E-state index in [9.17, 15) is 10.2 Å². The third kappa shape index (κ3) is 1.53. The Balaban J connectivity index is 1.86. The predicted molar refractivity (Wildman–Crippen MR) is 64.3 cm³/mol. The highest BCUT2D eigenvalue weighted by Gasteiger charge is 2.60. The second-order valence-corrected chi connectivity index (χ2v) is 5.61. The smallest absolute Gasteiger partial charge is 0.125 e. The number of aliphatic hydroxyl groups excluding tert-OH is 1. The molecule has 3 atom stereocenters. The summed E-state index contributed by atoms with van der Waals surface area (Å²) in [7, 11) is 0. The van der Waals surface area contributed by atoms with Gasteiger partial charge in [-0.25, -0.2) is 0 Å². The first-order valence-electron chi connectivity index (χ1n) is 6.45. The molecule has 1 heterocycles. The molecule has 17 heavy (non-hydrogen) atoms. The van der Waals surface area contributed by atoms with E-state index < -0.39 is 11.7 Å². The first-order chi connectivity index (χ1) is 8.12. The molecular weight excluding hydrogens is 214 g/mol. The summed E-state index contributed by atoms with van der Waals surface area (Å²) in [4.78, 5) is 4.24. The SMILES string of the molecule is Cc1ccc(C(O)C2(O)C3CCCC2C3)nc1. The van der Waals surface area contributed by atoms with E-state index in [1.165, 1.54) is 6.42 Å². The van der Waals surface area contributed by atoms with E-state index in [0.717, 1.165) is 24.8 Å². The van der Waals surface area contributed by atoms with Gasteiger partial charge in [-0.1, -0.05) is 12.5 Å². The number of pyridine rings is 1. The number of hydrogen-bond acceptors (Lipinski definition) is 3. The van der Waals surface area contributed by atoms with Crippen LogP contribution in [-0.4, -0.2) is 20.8 Å². The fourth-order valence-electron chi connectivity index (χ4n) is 3.53. The van der Waals surface area contributed by atoms with Crippen molar-refractivity contribution in [1.29, 1.82) is 0 Å². The Hall–Kier alpha value is -0.930. The third-order valence-corrected chi connectivity index (χ3v) is 4.63. The fourth-order valence-corrected chi connectivity index (χ4v) is 3.53. The van der Waals surface area contributed by atoms with Crippen LogP contribution in [-0.2, 0) is 0 Å². The number of aromatic nitrogens is 1. The minimum Gasteiger partial charge on any atom is -0.386 e. The Labute approximate surface area is 102 Å². The van der Waals surface area contributed by atoms with Crippen molar-refractivity contribution in [3.05, 3.63) is 29.6 Å². The van der Waals surface area contributed by atoms with Crippen molar-refractivity contribution in [2.45, 2.75) is 44.3 Å². The van der Waals surface area contributed by atoms with Crippen LogP contribution in [0.2, 0.25) is 0 Å². The van der Waals surface area contributed by atoms with Crippen molar-refractivity contribution in [2.24, 2.45) is 11.8 Å². The summed E-state index contributed by atoms with van der Waals surface area (Å²) in [5, 5.41) is 21.1. The van der Waals surface area contributed by atoms with E-state index >= 15 is 0 Å². The van der Waals surface area contributed by atoms with E-state index in [1.807, 2.05) is 19.1 Å². The Bertz CT molecular complexity index is 401. The molecule has 3 nitrogen and oxygen atoms in total. The van der Waals surface area contributed by atoms with Gasteiger partial charge in [0, 0.05) is 6.20 Å². The normalized spacial score (nSPS) is 37.4. The van der Waals surface area contributed by atoms with Crippen molar-refractivity contribution in [3.63, 3.8) is 0 Å². The van der Waals surface area contributed by atoms with Gasteiger partial charge in [0.1, 0.15) is 11.7 Å². The molecule has 0 aliphatic heterocycles. The molecule has 2 aliphatic rings. The van der Waals surface area contributed by atoms with Gasteiger partial charge in [-0.2, -0.15) is 0 Å². The van der Waals surface area contributed by atoms with Gasteiger partial charge >= 0.3 is 0 Å². The molecular formula is C14H19NO2. The van der Waals surface area contributed by atoms with Crippen molar-refractivity contribution < 1.29 is 10.2 Å². The third-order valence-electron chi connectivity index (χ3n) is 4.63. The maximum absolute atomic E-state index is 10.7. The minimum atomic E-state index is -0.916. The van der Waals surface area contributed by atoms with Crippen molar-refractivity contribution in [1.82, 2.24) is 4.98 Å². The van der Waals surface area contributed by atoms with Gasteiger partial charge in [-0.3, -0.25) is 4.98 Å². The zero-order chi connectivity index (χ0) is 12.0. The lowest BCUT2D eigenvalue weighted by molar-refractivity contribution is -0.235. The van der Waals surface area contributed by atoms with Crippen LogP contribution >= 0.6 is 0 Å². The molecule has 2 fully saturated rings. The molecule has 0 aromatic carbocycles. The summed E-state index contributed by atoms with van der Waals surface area (Å²) in [6.45, 7) is 1.97. The molecule has 0 saturated heterocycles. The zero-order valence-corrected chi connectivity index (χ0v) is 10.1.